The van der Waals surface area contributed by atoms with E-state index in [0.717, 1.165) is 21.2 Å². The fraction of sp³-hybridized carbons (Fsp3) is 0.0909. The van der Waals surface area contributed by atoms with Crippen molar-refractivity contribution in [2.45, 2.75) is 6.61 Å². The van der Waals surface area contributed by atoms with Crippen molar-refractivity contribution in [3.63, 3.8) is 0 Å². The van der Waals surface area contributed by atoms with Crippen molar-refractivity contribution in [2.75, 3.05) is 6.61 Å². The van der Waals surface area contributed by atoms with Gasteiger partial charge in [0, 0.05) is 4.47 Å². The van der Waals surface area contributed by atoms with Gasteiger partial charge in [0.25, 0.3) is 0 Å². The van der Waals surface area contributed by atoms with Gasteiger partial charge in [-0.15, -0.1) is 0 Å². The molecule has 0 spiro atoms. The highest BCUT2D eigenvalue weighted by Crippen LogP contribution is 2.39. The molecular formula is C22H19BrO3. The molecule has 0 aromatic heterocycles. The summed E-state index contributed by atoms with van der Waals surface area (Å²) in [5.41, 5.74) is 3.18. The Bertz CT molecular complexity index is 902. The van der Waals surface area contributed by atoms with Crippen LogP contribution in [0.15, 0.2) is 77.3 Å². The third kappa shape index (κ3) is 4.34. The van der Waals surface area contributed by atoms with E-state index in [1.165, 1.54) is 0 Å². The summed E-state index contributed by atoms with van der Waals surface area (Å²) in [5.74, 6) is 0.701. The molecule has 0 saturated carbocycles. The Kier molecular flexibility index (Phi) is 6.10. The van der Waals surface area contributed by atoms with E-state index in [1.54, 1.807) is 12.1 Å². The topological polar surface area (TPSA) is 49.7 Å². The molecule has 4 heteroatoms. The van der Waals surface area contributed by atoms with Crippen LogP contribution in [0.25, 0.3) is 17.2 Å². The molecule has 0 unspecified atom stereocenters. The Labute approximate surface area is 161 Å². The molecule has 3 aromatic carbocycles. The van der Waals surface area contributed by atoms with Crippen molar-refractivity contribution in [1.82, 2.24) is 0 Å². The van der Waals surface area contributed by atoms with Crippen molar-refractivity contribution in [2.24, 2.45) is 0 Å². The third-order valence-electron chi connectivity index (χ3n) is 3.98. The Morgan fingerprint density at radius 3 is 2.46 bits per heavy atom. The van der Waals surface area contributed by atoms with Gasteiger partial charge in [0.15, 0.2) is 0 Å². The molecule has 0 aliphatic rings. The van der Waals surface area contributed by atoms with E-state index in [1.807, 2.05) is 66.7 Å². The second-order valence-corrected chi connectivity index (χ2v) is 6.65. The SMILES string of the molecule is OCc1ccccc1-c1c(O)cccc1OC/C=C/c1ccc(Br)cc1. The zero-order chi connectivity index (χ0) is 18.4. The number of aliphatic hydroxyl groups excluding tert-OH is 1. The van der Waals surface area contributed by atoms with Gasteiger partial charge in [0.1, 0.15) is 18.1 Å². The number of hydrogen-bond acceptors (Lipinski definition) is 3. The first-order chi connectivity index (χ1) is 12.7. The van der Waals surface area contributed by atoms with E-state index in [2.05, 4.69) is 15.9 Å². The predicted molar refractivity (Wildman–Crippen MR) is 108 cm³/mol. The van der Waals surface area contributed by atoms with Crippen LogP contribution in [-0.4, -0.2) is 16.8 Å². The van der Waals surface area contributed by atoms with Crippen molar-refractivity contribution in [1.29, 1.82) is 0 Å². The first-order valence-corrected chi connectivity index (χ1v) is 9.04. The minimum atomic E-state index is -0.104. The van der Waals surface area contributed by atoms with E-state index in [0.29, 0.717) is 17.9 Å². The van der Waals surface area contributed by atoms with Gasteiger partial charge in [-0.2, -0.15) is 0 Å². The molecule has 0 aliphatic heterocycles. The standard InChI is InChI=1S/C22H19BrO3/c23-18-12-10-16(11-13-18)5-4-14-26-21-9-3-8-20(25)22(21)19-7-2-1-6-17(19)15-24/h1-13,24-25H,14-15H2/b5-4+. The highest BCUT2D eigenvalue weighted by Gasteiger charge is 2.14. The van der Waals surface area contributed by atoms with Gasteiger partial charge in [-0.05, 0) is 47.0 Å². The predicted octanol–water partition coefficient (Wildman–Crippen LogP) is 5.41. The number of phenols is 1. The first kappa shape index (κ1) is 18.2. The fourth-order valence-corrected chi connectivity index (χ4v) is 2.97. The second kappa shape index (κ2) is 8.70. The van der Waals surface area contributed by atoms with Gasteiger partial charge < -0.3 is 14.9 Å². The molecule has 0 heterocycles. The summed E-state index contributed by atoms with van der Waals surface area (Å²) in [4.78, 5) is 0. The van der Waals surface area contributed by atoms with Gasteiger partial charge in [0.05, 0.1) is 12.2 Å². The molecule has 3 rings (SSSR count). The Morgan fingerprint density at radius 2 is 1.69 bits per heavy atom. The van der Waals surface area contributed by atoms with Gasteiger partial charge in [-0.3, -0.25) is 0 Å². The van der Waals surface area contributed by atoms with Crippen LogP contribution in [0.4, 0.5) is 0 Å². The molecular weight excluding hydrogens is 392 g/mol. The first-order valence-electron chi connectivity index (χ1n) is 8.25. The molecule has 3 aromatic rings. The number of halogens is 1. The number of hydrogen-bond donors (Lipinski definition) is 2. The summed E-state index contributed by atoms with van der Waals surface area (Å²) in [6, 6.07) is 20.6. The van der Waals surface area contributed by atoms with Crippen LogP contribution in [0.2, 0.25) is 0 Å². The van der Waals surface area contributed by atoms with Crippen molar-refractivity contribution >= 4 is 22.0 Å². The maximum atomic E-state index is 10.3. The van der Waals surface area contributed by atoms with Crippen LogP contribution >= 0.6 is 15.9 Å². The van der Waals surface area contributed by atoms with Gasteiger partial charge in [-0.1, -0.05) is 64.5 Å². The van der Waals surface area contributed by atoms with Crippen LogP contribution in [0.3, 0.4) is 0 Å². The number of aliphatic hydroxyl groups is 1. The second-order valence-electron chi connectivity index (χ2n) is 5.73. The zero-order valence-corrected chi connectivity index (χ0v) is 15.7. The average Bonchev–Trinajstić information content (AvgIpc) is 2.67. The maximum absolute atomic E-state index is 10.3. The van der Waals surface area contributed by atoms with Crippen LogP contribution in [-0.2, 0) is 6.61 Å². The van der Waals surface area contributed by atoms with Crippen molar-refractivity contribution in [3.05, 3.63) is 88.4 Å². The largest absolute Gasteiger partial charge is 0.507 e. The third-order valence-corrected chi connectivity index (χ3v) is 4.51. The molecule has 0 bridgehead atoms. The normalized spacial score (nSPS) is 11.0. The van der Waals surface area contributed by atoms with E-state index in [-0.39, 0.29) is 12.4 Å². The fourth-order valence-electron chi connectivity index (χ4n) is 2.71. The molecule has 0 amide bonds. The van der Waals surface area contributed by atoms with Crippen LogP contribution in [0.1, 0.15) is 11.1 Å². The molecule has 0 fully saturated rings. The maximum Gasteiger partial charge on any atom is 0.131 e. The zero-order valence-electron chi connectivity index (χ0n) is 14.1. The summed E-state index contributed by atoms with van der Waals surface area (Å²) in [5, 5.41) is 19.9. The van der Waals surface area contributed by atoms with E-state index >= 15 is 0 Å². The Balaban J connectivity index is 1.80. The highest BCUT2D eigenvalue weighted by molar-refractivity contribution is 9.10. The lowest BCUT2D eigenvalue weighted by molar-refractivity contribution is 0.282. The minimum absolute atomic E-state index is 0.104. The summed E-state index contributed by atoms with van der Waals surface area (Å²) in [6.07, 6.45) is 3.91. The quantitative estimate of drug-likeness (QED) is 0.571. The number of phenolic OH excluding ortho intramolecular Hbond substituents is 1. The Hall–Kier alpha value is -2.56. The van der Waals surface area contributed by atoms with Crippen LogP contribution in [0, 0.1) is 0 Å². The lowest BCUT2D eigenvalue weighted by atomic mass is 9.98. The summed E-state index contributed by atoms with van der Waals surface area (Å²) in [7, 11) is 0. The van der Waals surface area contributed by atoms with Crippen LogP contribution in [0.5, 0.6) is 11.5 Å². The van der Waals surface area contributed by atoms with Crippen molar-refractivity contribution < 1.29 is 14.9 Å². The number of aromatic hydroxyl groups is 1. The van der Waals surface area contributed by atoms with Gasteiger partial charge in [0.2, 0.25) is 0 Å². The molecule has 0 saturated heterocycles. The number of benzene rings is 3. The lowest BCUT2D eigenvalue weighted by Gasteiger charge is -2.14. The Morgan fingerprint density at radius 1 is 0.923 bits per heavy atom. The molecule has 132 valence electrons. The summed E-state index contributed by atoms with van der Waals surface area (Å²) >= 11 is 3.42. The lowest BCUT2D eigenvalue weighted by Crippen LogP contribution is -1.97. The van der Waals surface area contributed by atoms with E-state index in [4.69, 9.17) is 4.74 Å². The van der Waals surface area contributed by atoms with Crippen LogP contribution < -0.4 is 4.74 Å². The highest BCUT2D eigenvalue weighted by atomic mass is 79.9. The summed E-state index contributed by atoms with van der Waals surface area (Å²) < 4.78 is 6.92. The smallest absolute Gasteiger partial charge is 0.131 e. The van der Waals surface area contributed by atoms with Crippen molar-refractivity contribution in [3.8, 4) is 22.6 Å². The molecule has 26 heavy (non-hydrogen) atoms. The molecule has 2 N–H and O–H groups in total. The minimum Gasteiger partial charge on any atom is -0.507 e. The average molecular weight is 411 g/mol. The molecule has 3 nitrogen and oxygen atoms in total. The molecule has 0 aliphatic carbocycles. The monoisotopic (exact) mass is 410 g/mol. The van der Waals surface area contributed by atoms with E-state index in [9.17, 15) is 10.2 Å². The number of ether oxygens (including phenoxy) is 1. The summed E-state index contributed by atoms with van der Waals surface area (Å²) in [6.45, 7) is 0.265. The van der Waals surface area contributed by atoms with Gasteiger partial charge >= 0.3 is 0 Å². The molecule has 0 radical (unpaired) electrons. The molecule has 0 atom stereocenters. The number of rotatable bonds is 6. The van der Waals surface area contributed by atoms with Gasteiger partial charge in [-0.25, -0.2) is 0 Å². The van der Waals surface area contributed by atoms with E-state index < -0.39 is 0 Å².